The molecule has 25 heavy (non-hydrogen) atoms. The van der Waals surface area contributed by atoms with Crippen LogP contribution in [0.25, 0.3) is 10.1 Å². The molecular formula is C16H14FN3O3S2. The number of fused-ring (bicyclic) bond motifs is 1. The Hall–Kier alpha value is -2.49. The number of urea groups is 1. The fraction of sp³-hybridized carbons (Fsp3) is 0.0625. The first-order valence-electron chi connectivity index (χ1n) is 7.18. The summed E-state index contributed by atoms with van der Waals surface area (Å²) in [5, 5.41) is 2.97. The normalized spacial score (nSPS) is 11.6. The van der Waals surface area contributed by atoms with Crippen molar-refractivity contribution in [2.75, 3.05) is 5.32 Å². The third-order valence-corrected chi connectivity index (χ3v) is 6.40. The third-order valence-electron chi connectivity index (χ3n) is 3.41. The predicted octanol–water partition coefficient (Wildman–Crippen LogP) is 3.01. The first kappa shape index (κ1) is 17.3. The summed E-state index contributed by atoms with van der Waals surface area (Å²) in [6.07, 6.45) is 0. The summed E-state index contributed by atoms with van der Waals surface area (Å²) in [5.74, 6) is -0.410. The highest BCUT2D eigenvalue weighted by molar-refractivity contribution is 7.91. The highest BCUT2D eigenvalue weighted by atomic mass is 32.2. The number of primary amides is 1. The second kappa shape index (κ2) is 6.79. The molecule has 0 bridgehead atoms. The van der Waals surface area contributed by atoms with Gasteiger partial charge in [-0.2, -0.15) is 0 Å². The Bertz CT molecular complexity index is 1030. The van der Waals surface area contributed by atoms with Crippen molar-refractivity contribution in [2.24, 2.45) is 5.73 Å². The number of carbonyl (C=O) groups excluding carboxylic acids is 1. The molecule has 0 atom stereocenters. The smallest absolute Gasteiger partial charge is 0.316 e. The number of thiophene rings is 1. The van der Waals surface area contributed by atoms with Crippen LogP contribution in [-0.4, -0.2) is 14.4 Å². The second-order valence-electron chi connectivity index (χ2n) is 5.26. The predicted molar refractivity (Wildman–Crippen MR) is 95.5 cm³/mol. The van der Waals surface area contributed by atoms with Crippen LogP contribution in [-0.2, 0) is 16.6 Å². The molecule has 3 rings (SSSR count). The number of rotatable bonds is 5. The molecule has 1 aromatic heterocycles. The van der Waals surface area contributed by atoms with Crippen molar-refractivity contribution in [3.8, 4) is 0 Å². The molecule has 0 saturated heterocycles. The lowest BCUT2D eigenvalue weighted by atomic mass is 10.2. The molecule has 1 heterocycles. The first-order chi connectivity index (χ1) is 11.8. The summed E-state index contributed by atoms with van der Waals surface area (Å²) < 4.78 is 41.4. The van der Waals surface area contributed by atoms with E-state index in [1.165, 1.54) is 18.2 Å². The molecule has 2 aromatic carbocycles. The van der Waals surface area contributed by atoms with Crippen LogP contribution in [0.3, 0.4) is 0 Å². The summed E-state index contributed by atoms with van der Waals surface area (Å²) in [5.41, 5.74) is 6.25. The van der Waals surface area contributed by atoms with Gasteiger partial charge in [-0.15, -0.1) is 11.3 Å². The van der Waals surface area contributed by atoms with Crippen LogP contribution < -0.4 is 15.8 Å². The number of nitrogens with one attached hydrogen (secondary N) is 2. The van der Waals surface area contributed by atoms with Gasteiger partial charge < -0.3 is 11.1 Å². The molecule has 2 amide bonds. The van der Waals surface area contributed by atoms with E-state index in [0.29, 0.717) is 21.3 Å². The van der Waals surface area contributed by atoms with Gasteiger partial charge in [-0.25, -0.2) is 22.3 Å². The fourth-order valence-corrected chi connectivity index (χ4v) is 4.66. The lowest BCUT2D eigenvalue weighted by Gasteiger charge is -2.06. The van der Waals surface area contributed by atoms with Gasteiger partial charge in [-0.3, -0.25) is 0 Å². The molecule has 4 N–H and O–H groups in total. The molecule has 0 fully saturated rings. The van der Waals surface area contributed by atoms with E-state index in [9.17, 15) is 17.6 Å². The van der Waals surface area contributed by atoms with Crippen LogP contribution in [0.2, 0.25) is 0 Å². The van der Waals surface area contributed by atoms with Gasteiger partial charge in [0.2, 0.25) is 10.0 Å². The number of anilines is 1. The molecule has 0 aliphatic carbocycles. The van der Waals surface area contributed by atoms with E-state index in [-0.39, 0.29) is 10.8 Å². The van der Waals surface area contributed by atoms with Gasteiger partial charge in [-0.05, 0) is 47.3 Å². The van der Waals surface area contributed by atoms with Gasteiger partial charge in [0.05, 0.1) is 0 Å². The van der Waals surface area contributed by atoms with Gasteiger partial charge in [0.1, 0.15) is 10.0 Å². The van der Waals surface area contributed by atoms with Gasteiger partial charge in [0, 0.05) is 16.9 Å². The van der Waals surface area contributed by atoms with Crippen LogP contribution in [0.4, 0.5) is 14.9 Å². The van der Waals surface area contributed by atoms with E-state index in [4.69, 9.17) is 5.73 Å². The molecule has 3 aromatic rings. The average Bonchev–Trinajstić information content (AvgIpc) is 2.98. The van der Waals surface area contributed by atoms with Crippen molar-refractivity contribution < 1.29 is 17.6 Å². The standard InChI is InChI=1S/C16H14FN3O3S2/c17-12-3-6-14-11(7-12)8-15(24-14)25(22,23)19-9-10-1-4-13(5-2-10)20-16(18)21/h1-8,19H,9H2,(H3,18,20,21). The number of amides is 2. The summed E-state index contributed by atoms with van der Waals surface area (Å²) in [4.78, 5) is 10.8. The molecule has 0 unspecified atom stereocenters. The number of nitrogens with two attached hydrogens (primary N) is 1. The number of sulfonamides is 1. The highest BCUT2D eigenvalue weighted by Crippen LogP contribution is 2.29. The van der Waals surface area contributed by atoms with E-state index in [1.807, 2.05) is 0 Å². The van der Waals surface area contributed by atoms with E-state index in [2.05, 4.69) is 10.0 Å². The minimum atomic E-state index is -3.71. The van der Waals surface area contributed by atoms with Crippen molar-refractivity contribution in [2.45, 2.75) is 10.8 Å². The van der Waals surface area contributed by atoms with E-state index < -0.39 is 21.9 Å². The third kappa shape index (κ3) is 4.13. The number of hydrogen-bond acceptors (Lipinski definition) is 4. The Labute approximate surface area is 147 Å². The van der Waals surface area contributed by atoms with Crippen LogP contribution >= 0.6 is 11.3 Å². The van der Waals surface area contributed by atoms with Crippen molar-refractivity contribution >= 4 is 43.2 Å². The summed E-state index contributed by atoms with van der Waals surface area (Å²) in [6.45, 7) is 0.0851. The van der Waals surface area contributed by atoms with E-state index in [1.54, 1.807) is 30.3 Å². The lowest BCUT2D eigenvalue weighted by Crippen LogP contribution is -2.22. The van der Waals surface area contributed by atoms with Crippen molar-refractivity contribution in [1.82, 2.24) is 4.72 Å². The maximum Gasteiger partial charge on any atom is 0.316 e. The highest BCUT2D eigenvalue weighted by Gasteiger charge is 2.17. The minimum absolute atomic E-state index is 0.0851. The molecule has 0 aliphatic heterocycles. The van der Waals surface area contributed by atoms with Gasteiger partial charge in [-0.1, -0.05) is 12.1 Å². The molecule has 0 saturated carbocycles. The Morgan fingerprint density at radius 3 is 2.52 bits per heavy atom. The zero-order chi connectivity index (χ0) is 18.0. The maximum atomic E-state index is 13.2. The van der Waals surface area contributed by atoms with Crippen molar-refractivity contribution in [1.29, 1.82) is 0 Å². The van der Waals surface area contributed by atoms with E-state index >= 15 is 0 Å². The summed E-state index contributed by atoms with van der Waals surface area (Å²) in [6, 6.07) is 11.5. The van der Waals surface area contributed by atoms with Crippen molar-refractivity contribution in [3.05, 3.63) is 59.9 Å². The molecule has 9 heteroatoms. The molecule has 0 radical (unpaired) electrons. The number of halogens is 1. The zero-order valence-corrected chi connectivity index (χ0v) is 14.5. The van der Waals surface area contributed by atoms with Gasteiger partial charge >= 0.3 is 6.03 Å². The zero-order valence-electron chi connectivity index (χ0n) is 12.8. The average molecular weight is 379 g/mol. The second-order valence-corrected chi connectivity index (χ2v) is 8.34. The molecule has 0 aliphatic rings. The first-order valence-corrected chi connectivity index (χ1v) is 9.48. The monoisotopic (exact) mass is 379 g/mol. The van der Waals surface area contributed by atoms with Crippen LogP contribution in [0, 0.1) is 5.82 Å². The lowest BCUT2D eigenvalue weighted by molar-refractivity contribution is 0.259. The number of benzene rings is 2. The number of hydrogen-bond donors (Lipinski definition) is 3. The Kier molecular flexibility index (Phi) is 4.71. The molecule has 0 spiro atoms. The van der Waals surface area contributed by atoms with Crippen LogP contribution in [0.1, 0.15) is 5.56 Å². The minimum Gasteiger partial charge on any atom is -0.351 e. The Morgan fingerprint density at radius 1 is 1.12 bits per heavy atom. The Balaban J connectivity index is 1.73. The van der Waals surface area contributed by atoms with Crippen molar-refractivity contribution in [3.63, 3.8) is 0 Å². The fourth-order valence-electron chi connectivity index (χ4n) is 2.22. The quantitative estimate of drug-likeness (QED) is 0.635. The van der Waals surface area contributed by atoms with E-state index in [0.717, 1.165) is 11.3 Å². The van der Waals surface area contributed by atoms with Crippen LogP contribution in [0.5, 0.6) is 0 Å². The van der Waals surface area contributed by atoms with Gasteiger partial charge in [0.15, 0.2) is 0 Å². The largest absolute Gasteiger partial charge is 0.351 e. The SMILES string of the molecule is NC(=O)Nc1ccc(CNS(=O)(=O)c2cc3cc(F)ccc3s2)cc1. The molecule has 130 valence electrons. The molecular weight excluding hydrogens is 365 g/mol. The van der Waals surface area contributed by atoms with Gasteiger partial charge in [0.25, 0.3) is 0 Å². The molecule has 6 nitrogen and oxygen atoms in total. The topological polar surface area (TPSA) is 101 Å². The van der Waals surface area contributed by atoms with Crippen LogP contribution in [0.15, 0.2) is 52.7 Å². The Morgan fingerprint density at radius 2 is 1.84 bits per heavy atom. The maximum absolute atomic E-state index is 13.2. The summed E-state index contributed by atoms with van der Waals surface area (Å²) in [7, 11) is -3.71. The summed E-state index contributed by atoms with van der Waals surface area (Å²) >= 11 is 1.08. The number of carbonyl (C=O) groups is 1.